The summed E-state index contributed by atoms with van der Waals surface area (Å²) in [4.78, 5) is 26.4. The molecule has 0 bridgehead atoms. The maximum atomic E-state index is 12.1. The zero-order valence-electron chi connectivity index (χ0n) is 9.82. The van der Waals surface area contributed by atoms with Crippen molar-refractivity contribution in [3.8, 4) is 5.75 Å². The normalized spacial score (nSPS) is 10.3. The second-order valence-corrected chi connectivity index (χ2v) is 3.62. The Bertz CT molecular complexity index is 649. The molecule has 4 N–H and O–H groups in total. The van der Waals surface area contributed by atoms with Gasteiger partial charge in [0, 0.05) is 6.20 Å². The minimum absolute atomic E-state index is 0.0290. The maximum Gasteiger partial charge on any atom is 0.270 e. The molecule has 0 fully saturated rings. The highest BCUT2D eigenvalue weighted by Gasteiger charge is 2.13. The van der Waals surface area contributed by atoms with Gasteiger partial charge in [-0.2, -0.15) is 0 Å². The SMILES string of the molecule is CCOc1cccc2c(=O)c(C(=O)NN)c[nH]c12. The Hall–Kier alpha value is -2.34. The zero-order chi connectivity index (χ0) is 13.1. The number of rotatable bonds is 3. The smallest absolute Gasteiger partial charge is 0.270 e. The average molecular weight is 247 g/mol. The molecule has 0 spiro atoms. The molecule has 0 unspecified atom stereocenters. The van der Waals surface area contributed by atoms with Gasteiger partial charge in [-0.25, -0.2) is 5.84 Å². The number of benzene rings is 1. The predicted molar refractivity (Wildman–Crippen MR) is 67.4 cm³/mol. The Balaban J connectivity index is 2.69. The van der Waals surface area contributed by atoms with E-state index in [0.29, 0.717) is 23.3 Å². The minimum atomic E-state index is -0.625. The summed E-state index contributed by atoms with van der Waals surface area (Å²) in [5.41, 5.74) is 2.09. The molecule has 2 rings (SSSR count). The van der Waals surface area contributed by atoms with Gasteiger partial charge < -0.3 is 9.72 Å². The van der Waals surface area contributed by atoms with Crippen LogP contribution in [-0.4, -0.2) is 17.5 Å². The van der Waals surface area contributed by atoms with Crippen molar-refractivity contribution >= 4 is 16.8 Å². The predicted octanol–water partition coefficient (Wildman–Crippen LogP) is 0.530. The molecule has 0 atom stereocenters. The number of nitrogens with one attached hydrogen (secondary N) is 2. The highest BCUT2D eigenvalue weighted by molar-refractivity contribution is 5.97. The molecular formula is C12H13N3O3. The molecule has 1 heterocycles. The van der Waals surface area contributed by atoms with E-state index in [1.807, 2.05) is 12.3 Å². The maximum absolute atomic E-state index is 12.1. The number of carbonyl (C=O) groups is 1. The monoisotopic (exact) mass is 247 g/mol. The van der Waals surface area contributed by atoms with Gasteiger partial charge in [-0.15, -0.1) is 0 Å². The van der Waals surface area contributed by atoms with Crippen LogP contribution in [-0.2, 0) is 0 Å². The summed E-state index contributed by atoms with van der Waals surface area (Å²) in [6, 6.07) is 5.08. The lowest BCUT2D eigenvalue weighted by molar-refractivity contribution is 0.0952. The highest BCUT2D eigenvalue weighted by Crippen LogP contribution is 2.21. The second kappa shape index (κ2) is 4.89. The summed E-state index contributed by atoms with van der Waals surface area (Å²) in [5.74, 6) is 4.97. The van der Waals surface area contributed by atoms with Crippen molar-refractivity contribution in [1.29, 1.82) is 0 Å². The Morgan fingerprint density at radius 3 is 2.94 bits per heavy atom. The van der Waals surface area contributed by atoms with Gasteiger partial charge in [0.15, 0.2) is 0 Å². The first-order valence-electron chi connectivity index (χ1n) is 5.47. The van der Waals surface area contributed by atoms with Crippen LogP contribution in [0.5, 0.6) is 5.75 Å². The molecule has 2 aromatic rings. The standard InChI is InChI=1S/C12H13N3O3/c1-2-18-9-5-3-4-7-10(9)14-6-8(11(7)16)12(17)15-13/h3-6H,2,13H2,1H3,(H,14,16)(H,15,17). The number of fused-ring (bicyclic) bond motifs is 1. The number of hydrazine groups is 1. The van der Waals surface area contributed by atoms with Crippen molar-refractivity contribution < 1.29 is 9.53 Å². The summed E-state index contributed by atoms with van der Waals surface area (Å²) in [6.45, 7) is 2.35. The number of aromatic nitrogens is 1. The fourth-order valence-electron chi connectivity index (χ4n) is 1.75. The number of nitrogen functional groups attached to an aromatic ring is 1. The average Bonchev–Trinajstić information content (AvgIpc) is 2.39. The van der Waals surface area contributed by atoms with E-state index in [-0.39, 0.29) is 11.0 Å². The summed E-state index contributed by atoms with van der Waals surface area (Å²) < 4.78 is 5.41. The number of nitrogens with two attached hydrogens (primary N) is 1. The Morgan fingerprint density at radius 2 is 2.28 bits per heavy atom. The second-order valence-electron chi connectivity index (χ2n) is 3.62. The molecule has 0 radical (unpaired) electrons. The molecule has 6 nitrogen and oxygen atoms in total. The number of H-pyrrole nitrogens is 1. The summed E-state index contributed by atoms with van der Waals surface area (Å²) in [7, 11) is 0. The van der Waals surface area contributed by atoms with Crippen molar-refractivity contribution in [2.24, 2.45) is 5.84 Å². The summed E-state index contributed by atoms with van der Waals surface area (Å²) in [5, 5.41) is 0.391. The number of aromatic amines is 1. The van der Waals surface area contributed by atoms with Gasteiger partial charge >= 0.3 is 0 Å². The quantitative estimate of drug-likeness (QED) is 0.418. The third kappa shape index (κ3) is 1.93. The van der Waals surface area contributed by atoms with Gasteiger partial charge in [-0.3, -0.25) is 15.0 Å². The van der Waals surface area contributed by atoms with E-state index >= 15 is 0 Å². The number of ether oxygens (including phenoxy) is 1. The molecule has 0 saturated heterocycles. The molecule has 0 aliphatic rings. The van der Waals surface area contributed by atoms with Gasteiger partial charge in [-0.05, 0) is 19.1 Å². The number of para-hydroxylation sites is 1. The van der Waals surface area contributed by atoms with E-state index < -0.39 is 5.91 Å². The van der Waals surface area contributed by atoms with E-state index in [0.717, 1.165) is 0 Å². The number of carbonyl (C=O) groups excluding carboxylic acids is 1. The lowest BCUT2D eigenvalue weighted by Gasteiger charge is -2.07. The third-order valence-corrected chi connectivity index (χ3v) is 2.55. The molecule has 1 aromatic carbocycles. The molecule has 0 aliphatic carbocycles. The largest absolute Gasteiger partial charge is 0.492 e. The van der Waals surface area contributed by atoms with Crippen LogP contribution in [0.4, 0.5) is 0 Å². The zero-order valence-corrected chi connectivity index (χ0v) is 9.82. The number of pyridine rings is 1. The number of amides is 1. The fraction of sp³-hybridized carbons (Fsp3) is 0.167. The van der Waals surface area contributed by atoms with E-state index in [1.54, 1.807) is 18.2 Å². The molecule has 94 valence electrons. The first kappa shape index (κ1) is 12.1. The Kier molecular flexibility index (Phi) is 3.29. The molecule has 0 saturated carbocycles. The van der Waals surface area contributed by atoms with Crippen molar-refractivity contribution in [2.75, 3.05) is 6.61 Å². The van der Waals surface area contributed by atoms with Gasteiger partial charge in [0.2, 0.25) is 5.43 Å². The van der Waals surface area contributed by atoms with E-state index in [4.69, 9.17) is 10.6 Å². The van der Waals surface area contributed by atoms with E-state index in [2.05, 4.69) is 4.98 Å². The topological polar surface area (TPSA) is 97.2 Å². The van der Waals surface area contributed by atoms with Crippen molar-refractivity contribution in [1.82, 2.24) is 10.4 Å². The lowest BCUT2D eigenvalue weighted by atomic mass is 10.1. The number of hydrogen-bond acceptors (Lipinski definition) is 4. The van der Waals surface area contributed by atoms with E-state index in [9.17, 15) is 9.59 Å². The molecule has 6 heteroatoms. The van der Waals surface area contributed by atoms with Crippen molar-refractivity contribution in [3.05, 3.63) is 40.2 Å². The first-order chi connectivity index (χ1) is 8.69. The van der Waals surface area contributed by atoms with Crippen LogP contribution in [0.15, 0.2) is 29.2 Å². The minimum Gasteiger partial charge on any atom is -0.492 e. The first-order valence-corrected chi connectivity index (χ1v) is 5.47. The molecule has 1 aromatic heterocycles. The molecule has 0 aliphatic heterocycles. The summed E-state index contributed by atoms with van der Waals surface area (Å²) in [6.07, 6.45) is 1.33. The molecular weight excluding hydrogens is 234 g/mol. The Labute approximate surface area is 103 Å². The highest BCUT2D eigenvalue weighted by atomic mass is 16.5. The van der Waals surface area contributed by atoms with Crippen LogP contribution in [0.2, 0.25) is 0 Å². The van der Waals surface area contributed by atoms with E-state index in [1.165, 1.54) is 6.20 Å². The third-order valence-electron chi connectivity index (χ3n) is 2.55. The lowest BCUT2D eigenvalue weighted by Crippen LogP contribution is -2.33. The van der Waals surface area contributed by atoms with Crippen LogP contribution < -0.4 is 21.4 Å². The van der Waals surface area contributed by atoms with Crippen molar-refractivity contribution in [3.63, 3.8) is 0 Å². The number of hydrogen-bond donors (Lipinski definition) is 3. The van der Waals surface area contributed by atoms with Crippen LogP contribution >= 0.6 is 0 Å². The van der Waals surface area contributed by atoms with Crippen molar-refractivity contribution in [2.45, 2.75) is 6.92 Å². The van der Waals surface area contributed by atoms with Crippen LogP contribution in [0, 0.1) is 0 Å². The van der Waals surface area contributed by atoms with Crippen LogP contribution in [0.3, 0.4) is 0 Å². The van der Waals surface area contributed by atoms with Gasteiger partial charge in [0.25, 0.3) is 5.91 Å². The molecule has 1 amide bonds. The molecule has 18 heavy (non-hydrogen) atoms. The summed E-state index contributed by atoms with van der Waals surface area (Å²) >= 11 is 0. The van der Waals surface area contributed by atoms with Crippen LogP contribution in [0.25, 0.3) is 10.9 Å². The fourth-order valence-corrected chi connectivity index (χ4v) is 1.75. The van der Waals surface area contributed by atoms with Gasteiger partial charge in [0.1, 0.15) is 11.3 Å². The van der Waals surface area contributed by atoms with Crippen LogP contribution in [0.1, 0.15) is 17.3 Å². The Morgan fingerprint density at radius 1 is 1.50 bits per heavy atom. The van der Waals surface area contributed by atoms with Gasteiger partial charge in [0.05, 0.1) is 17.5 Å². The van der Waals surface area contributed by atoms with Gasteiger partial charge in [-0.1, -0.05) is 6.07 Å².